The highest BCUT2D eigenvalue weighted by Gasteiger charge is 2.14. The maximum absolute atomic E-state index is 12.3. The molecule has 3 aromatic rings. The lowest BCUT2D eigenvalue weighted by Gasteiger charge is -2.05. The van der Waals surface area contributed by atoms with E-state index in [1.807, 2.05) is 12.1 Å². The van der Waals surface area contributed by atoms with Crippen LogP contribution in [0.25, 0.3) is 10.8 Å². The Morgan fingerprint density at radius 3 is 2.90 bits per heavy atom. The van der Waals surface area contributed by atoms with Crippen molar-refractivity contribution in [1.29, 1.82) is 0 Å². The van der Waals surface area contributed by atoms with Gasteiger partial charge < -0.3 is 9.84 Å². The molecule has 100 valence electrons. The Morgan fingerprint density at radius 1 is 1.30 bits per heavy atom. The number of aromatic nitrogens is 2. The fourth-order valence-corrected chi connectivity index (χ4v) is 2.09. The van der Waals surface area contributed by atoms with E-state index < -0.39 is 0 Å². The molecule has 2 aromatic heterocycles. The van der Waals surface area contributed by atoms with Crippen molar-refractivity contribution < 1.29 is 9.32 Å². The van der Waals surface area contributed by atoms with Crippen LogP contribution in [0.15, 0.2) is 41.1 Å². The number of amides is 1. The SMILES string of the molecule is Cc1cc(NC(=O)c2nccc3ccc(Cl)cc23)no1. The molecule has 0 saturated heterocycles. The van der Waals surface area contributed by atoms with E-state index in [4.69, 9.17) is 16.1 Å². The molecule has 0 aliphatic rings. The van der Waals surface area contributed by atoms with Gasteiger partial charge in [0, 0.05) is 22.7 Å². The van der Waals surface area contributed by atoms with Gasteiger partial charge in [-0.15, -0.1) is 0 Å². The van der Waals surface area contributed by atoms with E-state index in [1.165, 1.54) is 0 Å². The first-order valence-electron chi connectivity index (χ1n) is 5.92. The molecular formula is C14H10ClN3O2. The molecule has 2 heterocycles. The van der Waals surface area contributed by atoms with Crippen molar-refractivity contribution in [3.8, 4) is 0 Å². The molecule has 3 rings (SSSR count). The van der Waals surface area contributed by atoms with Crippen LogP contribution in [0.1, 0.15) is 16.2 Å². The molecule has 20 heavy (non-hydrogen) atoms. The normalized spacial score (nSPS) is 10.7. The third kappa shape index (κ3) is 2.35. The number of rotatable bonds is 2. The topological polar surface area (TPSA) is 68.0 Å². The molecule has 0 radical (unpaired) electrons. The molecule has 0 aliphatic heterocycles. The highest BCUT2D eigenvalue weighted by molar-refractivity contribution is 6.31. The van der Waals surface area contributed by atoms with Gasteiger partial charge in [0.25, 0.3) is 5.91 Å². The highest BCUT2D eigenvalue weighted by atomic mass is 35.5. The van der Waals surface area contributed by atoms with Crippen LogP contribution in [0.4, 0.5) is 5.82 Å². The largest absolute Gasteiger partial charge is 0.360 e. The lowest BCUT2D eigenvalue weighted by Crippen LogP contribution is -2.14. The van der Waals surface area contributed by atoms with Gasteiger partial charge in [-0.2, -0.15) is 0 Å². The van der Waals surface area contributed by atoms with E-state index in [1.54, 1.807) is 31.3 Å². The molecule has 0 bridgehead atoms. The van der Waals surface area contributed by atoms with Crippen molar-refractivity contribution in [2.45, 2.75) is 6.92 Å². The molecule has 0 aliphatic carbocycles. The molecule has 6 heteroatoms. The smallest absolute Gasteiger partial charge is 0.276 e. The van der Waals surface area contributed by atoms with Crippen LogP contribution in [0.5, 0.6) is 0 Å². The summed E-state index contributed by atoms with van der Waals surface area (Å²) in [5, 5.41) is 8.50. The van der Waals surface area contributed by atoms with Gasteiger partial charge in [-0.25, -0.2) is 0 Å². The van der Waals surface area contributed by atoms with Gasteiger partial charge in [0.2, 0.25) is 0 Å². The molecule has 0 atom stereocenters. The summed E-state index contributed by atoms with van der Waals surface area (Å²) < 4.78 is 4.90. The number of carbonyl (C=O) groups is 1. The lowest BCUT2D eigenvalue weighted by molar-refractivity contribution is 0.102. The van der Waals surface area contributed by atoms with Gasteiger partial charge in [-0.1, -0.05) is 22.8 Å². The molecule has 0 saturated carbocycles. The number of nitrogens with one attached hydrogen (secondary N) is 1. The molecule has 0 unspecified atom stereocenters. The number of hydrogen-bond donors (Lipinski definition) is 1. The number of benzene rings is 1. The van der Waals surface area contributed by atoms with Crippen molar-refractivity contribution in [3.05, 3.63) is 53.0 Å². The highest BCUT2D eigenvalue weighted by Crippen LogP contribution is 2.22. The standard InChI is InChI=1S/C14H10ClN3O2/c1-8-6-12(18-20-8)17-14(19)13-11-7-10(15)3-2-9(11)4-5-16-13/h2-7H,1H3,(H,17,18,19). The van der Waals surface area contributed by atoms with Crippen molar-refractivity contribution in [3.63, 3.8) is 0 Å². The Kier molecular flexibility index (Phi) is 3.12. The van der Waals surface area contributed by atoms with Crippen molar-refractivity contribution in [2.75, 3.05) is 5.32 Å². The number of pyridine rings is 1. The van der Waals surface area contributed by atoms with Gasteiger partial charge in [-0.3, -0.25) is 9.78 Å². The van der Waals surface area contributed by atoms with E-state index in [2.05, 4.69) is 15.5 Å². The number of hydrogen-bond acceptors (Lipinski definition) is 4. The fourth-order valence-electron chi connectivity index (χ4n) is 1.92. The second kappa shape index (κ2) is 4.94. The van der Waals surface area contributed by atoms with E-state index in [0.717, 1.165) is 5.39 Å². The van der Waals surface area contributed by atoms with Crippen LogP contribution >= 0.6 is 11.6 Å². The summed E-state index contributed by atoms with van der Waals surface area (Å²) in [7, 11) is 0. The molecule has 1 N–H and O–H groups in total. The van der Waals surface area contributed by atoms with Gasteiger partial charge >= 0.3 is 0 Å². The number of anilines is 1. The van der Waals surface area contributed by atoms with Crippen molar-refractivity contribution >= 4 is 34.1 Å². The minimum Gasteiger partial charge on any atom is -0.360 e. The van der Waals surface area contributed by atoms with Crippen LogP contribution in [0.2, 0.25) is 5.02 Å². The summed E-state index contributed by atoms with van der Waals surface area (Å²) in [6.07, 6.45) is 1.58. The number of fused-ring (bicyclic) bond motifs is 1. The van der Waals surface area contributed by atoms with Crippen LogP contribution < -0.4 is 5.32 Å². The molecule has 1 aromatic carbocycles. The first-order chi connectivity index (χ1) is 9.63. The van der Waals surface area contributed by atoms with Gasteiger partial charge in [0.1, 0.15) is 11.5 Å². The van der Waals surface area contributed by atoms with Crippen LogP contribution in [-0.2, 0) is 0 Å². The van der Waals surface area contributed by atoms with Crippen molar-refractivity contribution in [1.82, 2.24) is 10.1 Å². The van der Waals surface area contributed by atoms with E-state index in [0.29, 0.717) is 27.7 Å². The second-order valence-corrected chi connectivity index (χ2v) is 4.74. The lowest BCUT2D eigenvalue weighted by atomic mass is 10.1. The molecule has 5 nitrogen and oxygen atoms in total. The van der Waals surface area contributed by atoms with Crippen LogP contribution in [0.3, 0.4) is 0 Å². The molecule has 0 fully saturated rings. The van der Waals surface area contributed by atoms with Crippen LogP contribution in [-0.4, -0.2) is 16.0 Å². The number of halogens is 1. The van der Waals surface area contributed by atoms with E-state index in [-0.39, 0.29) is 5.91 Å². The maximum Gasteiger partial charge on any atom is 0.276 e. The van der Waals surface area contributed by atoms with Crippen molar-refractivity contribution in [2.24, 2.45) is 0 Å². The van der Waals surface area contributed by atoms with Gasteiger partial charge in [0.15, 0.2) is 5.82 Å². The minimum atomic E-state index is -0.355. The third-order valence-corrected chi connectivity index (χ3v) is 3.05. The zero-order valence-electron chi connectivity index (χ0n) is 10.6. The Balaban J connectivity index is 2.01. The Bertz CT molecular complexity index is 798. The van der Waals surface area contributed by atoms with Gasteiger partial charge in [0.05, 0.1) is 0 Å². The average Bonchev–Trinajstić information content (AvgIpc) is 2.83. The Labute approximate surface area is 119 Å². The number of nitrogens with zero attached hydrogens (tertiary/aromatic N) is 2. The quantitative estimate of drug-likeness (QED) is 0.784. The molecule has 1 amide bonds. The second-order valence-electron chi connectivity index (χ2n) is 4.30. The van der Waals surface area contributed by atoms with Gasteiger partial charge in [-0.05, 0) is 30.5 Å². The first kappa shape index (κ1) is 12.6. The predicted molar refractivity (Wildman–Crippen MR) is 75.9 cm³/mol. The zero-order valence-corrected chi connectivity index (χ0v) is 11.3. The summed E-state index contributed by atoms with van der Waals surface area (Å²) in [6, 6.07) is 8.79. The third-order valence-electron chi connectivity index (χ3n) is 2.81. The monoisotopic (exact) mass is 287 g/mol. The zero-order chi connectivity index (χ0) is 14.1. The molecular weight excluding hydrogens is 278 g/mol. The summed E-state index contributed by atoms with van der Waals surface area (Å²) in [6.45, 7) is 1.75. The predicted octanol–water partition coefficient (Wildman–Crippen LogP) is 3.44. The summed E-state index contributed by atoms with van der Waals surface area (Å²) >= 11 is 5.97. The summed E-state index contributed by atoms with van der Waals surface area (Å²) in [5.74, 6) is 0.619. The molecule has 0 spiro atoms. The van der Waals surface area contributed by atoms with E-state index >= 15 is 0 Å². The average molecular weight is 288 g/mol. The summed E-state index contributed by atoms with van der Waals surface area (Å²) in [5.41, 5.74) is 0.297. The Hall–Kier alpha value is -2.40. The minimum absolute atomic E-state index is 0.297. The number of aryl methyl sites for hydroxylation is 1. The van der Waals surface area contributed by atoms with Crippen LogP contribution in [0, 0.1) is 6.92 Å². The maximum atomic E-state index is 12.3. The summed E-state index contributed by atoms with van der Waals surface area (Å²) in [4.78, 5) is 16.4. The fraction of sp³-hybridized carbons (Fsp3) is 0.0714. The first-order valence-corrected chi connectivity index (χ1v) is 6.30. The van der Waals surface area contributed by atoms with E-state index in [9.17, 15) is 4.79 Å². The number of carbonyl (C=O) groups excluding carboxylic acids is 1. The Morgan fingerprint density at radius 2 is 2.15 bits per heavy atom.